The summed E-state index contributed by atoms with van der Waals surface area (Å²) in [6, 6.07) is 7.11. The van der Waals surface area contributed by atoms with Crippen LogP contribution in [0.1, 0.15) is 60.3 Å². The topological polar surface area (TPSA) is 101 Å². The van der Waals surface area contributed by atoms with E-state index in [9.17, 15) is 27.2 Å². The van der Waals surface area contributed by atoms with E-state index in [1.54, 1.807) is 38.2 Å². The number of halogens is 5. The minimum Gasteiger partial charge on any atom is -0.495 e. The summed E-state index contributed by atoms with van der Waals surface area (Å²) in [6.07, 6.45) is 0.392. The molecule has 7 nitrogen and oxygen atoms in total. The number of aldehydes is 1. The second kappa shape index (κ2) is 15.5. The van der Waals surface area contributed by atoms with Crippen LogP contribution in [0.2, 0.25) is 0 Å². The molecule has 0 amide bonds. The number of ether oxygens (including phenoxy) is 1. The Bertz CT molecular complexity index is 1010. The molecular weight excluding hydrogens is 530 g/mol. The number of pyridine rings is 1. The Balaban J connectivity index is 0.000000408. The third-order valence-electron chi connectivity index (χ3n) is 6.03. The average molecular weight is 564 g/mol. The van der Waals surface area contributed by atoms with E-state index in [4.69, 9.17) is 9.84 Å². The molecule has 1 aromatic heterocycles. The second-order valence-corrected chi connectivity index (χ2v) is 8.71. The molecule has 38 heavy (non-hydrogen) atoms. The van der Waals surface area contributed by atoms with Crippen LogP contribution in [0.3, 0.4) is 0 Å². The molecule has 1 atom stereocenters. The molecule has 0 saturated heterocycles. The van der Waals surface area contributed by atoms with Crippen molar-refractivity contribution < 1.29 is 37.0 Å². The van der Waals surface area contributed by atoms with Gasteiger partial charge in [-0.1, -0.05) is 0 Å². The first-order valence-corrected chi connectivity index (χ1v) is 12.5. The van der Waals surface area contributed by atoms with E-state index in [-0.39, 0.29) is 11.7 Å². The van der Waals surface area contributed by atoms with Gasteiger partial charge in [0.1, 0.15) is 23.4 Å². The first-order valence-electron chi connectivity index (χ1n) is 11.8. The zero-order valence-electron chi connectivity index (χ0n) is 21.7. The molecule has 12 heteroatoms. The number of alkyl halides is 5. The quantitative estimate of drug-likeness (QED) is 0.201. The Kier molecular flexibility index (Phi) is 13.5. The van der Waals surface area contributed by atoms with Crippen molar-refractivity contribution in [2.45, 2.75) is 50.5 Å². The van der Waals surface area contributed by atoms with E-state index in [1.807, 2.05) is 0 Å². The zero-order chi connectivity index (χ0) is 28.9. The van der Waals surface area contributed by atoms with Gasteiger partial charge in [0, 0.05) is 29.7 Å². The largest absolute Gasteiger partial charge is 0.495 e. The predicted molar refractivity (Wildman–Crippen MR) is 139 cm³/mol. The Hall–Kier alpha value is -2.92. The van der Waals surface area contributed by atoms with E-state index >= 15 is 0 Å². The maximum atomic E-state index is 13.8. The molecule has 0 radical (unpaired) electrons. The second-order valence-electron chi connectivity index (χ2n) is 8.71. The molecule has 1 saturated carbocycles. The van der Waals surface area contributed by atoms with Gasteiger partial charge in [-0.05, 0) is 70.0 Å². The number of carboxylic acid groups (broad SMARTS) is 1. The monoisotopic (exact) mass is 563 g/mol. The molecule has 1 aliphatic rings. The summed E-state index contributed by atoms with van der Waals surface area (Å²) in [5, 5.41) is 14.6. The van der Waals surface area contributed by atoms with Crippen LogP contribution < -0.4 is 15.4 Å². The lowest BCUT2D eigenvalue weighted by Gasteiger charge is -2.32. The van der Waals surface area contributed by atoms with Crippen molar-refractivity contribution in [3.8, 4) is 5.75 Å². The van der Waals surface area contributed by atoms with Crippen LogP contribution in [0.25, 0.3) is 0 Å². The van der Waals surface area contributed by atoms with Gasteiger partial charge in [-0.2, -0.15) is 13.2 Å². The fraction of sp³-hybridized carbons (Fsp3) is 0.500. The van der Waals surface area contributed by atoms with Crippen LogP contribution in [-0.4, -0.2) is 55.1 Å². The summed E-state index contributed by atoms with van der Waals surface area (Å²) in [6.45, 7) is 2.05. The molecule has 1 fully saturated rings. The average Bonchev–Trinajstić information content (AvgIpc) is 2.90. The number of benzene rings is 1. The van der Waals surface area contributed by atoms with Crippen LogP contribution in [0.15, 0.2) is 36.5 Å². The zero-order valence-corrected chi connectivity index (χ0v) is 22.5. The molecule has 0 unspecified atom stereocenters. The molecule has 3 N–H and O–H groups in total. The first kappa shape index (κ1) is 33.1. The number of carbonyl (C=O) groups excluding carboxylic acids is 1. The van der Waals surface area contributed by atoms with E-state index in [2.05, 4.69) is 27.2 Å². The summed E-state index contributed by atoms with van der Waals surface area (Å²) in [5.74, 6) is -0.852. The van der Waals surface area contributed by atoms with E-state index < -0.39 is 29.6 Å². The summed E-state index contributed by atoms with van der Waals surface area (Å²) in [7, 11) is 3.09. The molecule has 0 spiro atoms. The lowest BCUT2D eigenvalue weighted by Crippen LogP contribution is -2.39. The minimum absolute atomic E-state index is 0.266. The normalized spacial score (nSPS) is 19.6. The SMILES string of the molecule is CCl.CNCC1(F)CCC(C(=O)O)CC1.COc1cnc(C(F)(F)F)cc1[C@H](C)Nc1ccc(C=O)cc1. The van der Waals surface area contributed by atoms with Crippen LogP contribution in [0, 0.1) is 5.92 Å². The van der Waals surface area contributed by atoms with Gasteiger partial charge in [0.15, 0.2) is 0 Å². The molecule has 2 aromatic rings. The Morgan fingerprint density at radius 2 is 1.84 bits per heavy atom. The number of aromatic nitrogens is 1. The maximum absolute atomic E-state index is 13.8. The van der Waals surface area contributed by atoms with Crippen LogP contribution in [0.5, 0.6) is 5.75 Å². The summed E-state index contributed by atoms with van der Waals surface area (Å²) in [5.41, 5.74) is -0.618. The van der Waals surface area contributed by atoms with Gasteiger partial charge in [0.25, 0.3) is 0 Å². The van der Waals surface area contributed by atoms with Crippen molar-refractivity contribution in [1.82, 2.24) is 10.3 Å². The highest BCUT2D eigenvalue weighted by Crippen LogP contribution is 2.35. The van der Waals surface area contributed by atoms with Crippen molar-refractivity contribution in [1.29, 1.82) is 0 Å². The molecule has 0 bridgehead atoms. The Labute approximate surface area is 224 Å². The van der Waals surface area contributed by atoms with Crippen molar-refractivity contribution in [2.75, 3.05) is 32.4 Å². The van der Waals surface area contributed by atoms with Crippen LogP contribution in [-0.2, 0) is 11.0 Å². The van der Waals surface area contributed by atoms with Gasteiger partial charge in [0.2, 0.25) is 0 Å². The van der Waals surface area contributed by atoms with Crippen LogP contribution >= 0.6 is 11.6 Å². The number of anilines is 1. The summed E-state index contributed by atoms with van der Waals surface area (Å²) < 4.78 is 57.3. The first-order chi connectivity index (χ1) is 17.9. The predicted octanol–water partition coefficient (Wildman–Crippen LogP) is 6.14. The van der Waals surface area contributed by atoms with Crippen LogP contribution in [0.4, 0.5) is 23.2 Å². The lowest BCUT2D eigenvalue weighted by molar-refractivity contribution is -0.144. The third-order valence-corrected chi connectivity index (χ3v) is 6.03. The number of carboxylic acids is 1. The van der Waals surface area contributed by atoms with Crippen molar-refractivity contribution in [3.63, 3.8) is 0 Å². The molecule has 1 aliphatic carbocycles. The van der Waals surface area contributed by atoms with Gasteiger partial charge < -0.3 is 20.5 Å². The fourth-order valence-corrected chi connectivity index (χ4v) is 3.98. The number of hydrogen-bond acceptors (Lipinski definition) is 6. The molecule has 3 rings (SSSR count). The van der Waals surface area contributed by atoms with E-state index in [1.165, 1.54) is 13.5 Å². The number of aliphatic carboxylic acids is 1. The maximum Gasteiger partial charge on any atom is 0.433 e. The summed E-state index contributed by atoms with van der Waals surface area (Å²) >= 11 is 4.64. The molecule has 1 aromatic carbocycles. The highest BCUT2D eigenvalue weighted by molar-refractivity contribution is 6.15. The number of nitrogens with zero attached hydrogens (tertiary/aromatic N) is 1. The fourth-order valence-electron chi connectivity index (χ4n) is 3.98. The van der Waals surface area contributed by atoms with E-state index in [0.29, 0.717) is 55.3 Å². The highest BCUT2D eigenvalue weighted by Gasteiger charge is 2.37. The van der Waals surface area contributed by atoms with Gasteiger partial charge >= 0.3 is 12.1 Å². The molecular formula is C26H34ClF4N3O4. The molecule has 0 aliphatic heterocycles. The minimum atomic E-state index is -4.52. The van der Waals surface area contributed by atoms with Crippen molar-refractivity contribution in [3.05, 3.63) is 53.3 Å². The number of carbonyl (C=O) groups is 2. The standard InChI is InChI=1S/C16H15F3N2O2.C9H16FNO2.CH3Cl/c1-10(21-12-5-3-11(9-22)4-6-12)13-7-15(16(17,18)19)20-8-14(13)23-2;1-11-6-9(10)4-2-7(3-5-9)8(12)13;1-2/h3-10,21H,1-2H3;7,11H,2-6H2,1H3,(H,12,13);1H3/t10-;;/m0../s1. The highest BCUT2D eigenvalue weighted by atomic mass is 35.5. The van der Waals surface area contributed by atoms with Gasteiger partial charge in [-0.25, -0.2) is 9.37 Å². The van der Waals surface area contributed by atoms with Crippen molar-refractivity contribution >= 4 is 29.5 Å². The van der Waals surface area contributed by atoms with Crippen molar-refractivity contribution in [2.24, 2.45) is 5.92 Å². The molecule has 1 heterocycles. The Morgan fingerprint density at radius 1 is 1.26 bits per heavy atom. The summed E-state index contributed by atoms with van der Waals surface area (Å²) in [4.78, 5) is 24.6. The van der Waals surface area contributed by atoms with Gasteiger partial charge in [-0.3, -0.25) is 9.59 Å². The van der Waals surface area contributed by atoms with Gasteiger partial charge in [0.05, 0.1) is 25.3 Å². The number of rotatable bonds is 8. The molecule has 212 valence electrons. The smallest absolute Gasteiger partial charge is 0.433 e. The van der Waals surface area contributed by atoms with Gasteiger partial charge in [-0.15, -0.1) is 11.6 Å². The number of methoxy groups -OCH3 is 1. The van der Waals surface area contributed by atoms with E-state index in [0.717, 1.165) is 12.3 Å². The lowest BCUT2D eigenvalue weighted by atomic mass is 9.80. The Morgan fingerprint density at radius 3 is 2.29 bits per heavy atom. The third kappa shape index (κ3) is 10.1. The number of nitrogens with one attached hydrogen (secondary N) is 2. The number of hydrogen-bond donors (Lipinski definition) is 3.